The van der Waals surface area contributed by atoms with Crippen LogP contribution >= 0.6 is 23.2 Å². The fourth-order valence-corrected chi connectivity index (χ4v) is 0.711. The molecule has 3 heteroatoms. The predicted molar refractivity (Wildman–Crippen MR) is 51.2 cm³/mol. The summed E-state index contributed by atoms with van der Waals surface area (Å²) in [6, 6.07) is 7.19. The van der Waals surface area contributed by atoms with E-state index in [0.29, 0.717) is 10.0 Å². The fourth-order valence-electron chi connectivity index (χ4n) is 0.439. The Hall–Kier alpha value is -0.240. The maximum absolute atomic E-state index is 5.58. The van der Waals surface area contributed by atoms with Crippen LogP contribution in [0.1, 0.15) is 6.92 Å². The van der Waals surface area contributed by atoms with E-state index in [-0.39, 0.29) is 0 Å². The van der Waals surface area contributed by atoms with Gasteiger partial charge in [0, 0.05) is 0 Å². The summed E-state index contributed by atoms with van der Waals surface area (Å²) in [5, 5.41) is 1.21. The summed E-state index contributed by atoms with van der Waals surface area (Å²) < 4.78 is 0. The monoisotopic (exact) mass is 191 g/mol. The molecule has 0 heterocycles. The van der Waals surface area contributed by atoms with Crippen LogP contribution in [0.3, 0.4) is 0 Å². The third-order valence-electron chi connectivity index (χ3n) is 0.824. The zero-order chi connectivity index (χ0) is 8.69. The first kappa shape index (κ1) is 10.8. The molecular formula is C8H11Cl2N. The Labute approximate surface area is 77.1 Å². The minimum Gasteiger partial charge on any atom is -0.331 e. The zero-order valence-corrected chi connectivity index (χ0v) is 7.86. The van der Waals surface area contributed by atoms with Gasteiger partial charge in [-0.25, -0.2) is 0 Å². The number of rotatable bonds is 0. The normalized spacial score (nSPS) is 8.36. The molecule has 62 valence electrons. The molecule has 0 unspecified atom stereocenters. The second kappa shape index (κ2) is 6.47. The van der Waals surface area contributed by atoms with Crippen LogP contribution in [-0.2, 0) is 0 Å². The summed E-state index contributed by atoms with van der Waals surface area (Å²) in [7, 11) is 0. The van der Waals surface area contributed by atoms with Crippen molar-refractivity contribution >= 4 is 23.2 Å². The Morgan fingerprint density at radius 1 is 1.18 bits per heavy atom. The van der Waals surface area contributed by atoms with Gasteiger partial charge in [-0.15, -0.1) is 0 Å². The van der Waals surface area contributed by atoms with Crippen molar-refractivity contribution in [2.24, 2.45) is 5.73 Å². The van der Waals surface area contributed by atoms with Crippen LogP contribution in [0, 0.1) is 0 Å². The third kappa shape index (κ3) is 5.08. The van der Waals surface area contributed by atoms with E-state index in [0.717, 1.165) is 6.54 Å². The van der Waals surface area contributed by atoms with Crippen molar-refractivity contribution < 1.29 is 0 Å². The molecule has 0 aromatic heterocycles. The molecule has 11 heavy (non-hydrogen) atoms. The van der Waals surface area contributed by atoms with Crippen molar-refractivity contribution in [3.05, 3.63) is 34.3 Å². The van der Waals surface area contributed by atoms with E-state index in [2.05, 4.69) is 0 Å². The van der Waals surface area contributed by atoms with Gasteiger partial charge in [-0.3, -0.25) is 0 Å². The van der Waals surface area contributed by atoms with E-state index in [1.54, 1.807) is 12.1 Å². The highest BCUT2D eigenvalue weighted by molar-refractivity contribution is 6.41. The van der Waals surface area contributed by atoms with Crippen molar-refractivity contribution in [2.45, 2.75) is 6.92 Å². The van der Waals surface area contributed by atoms with E-state index in [1.807, 2.05) is 19.1 Å². The molecule has 0 aliphatic carbocycles. The smallest absolute Gasteiger partial charge is 0.0592 e. The quantitative estimate of drug-likeness (QED) is 0.671. The minimum atomic E-state index is 0.606. The molecule has 0 saturated carbocycles. The first-order valence-electron chi connectivity index (χ1n) is 3.32. The van der Waals surface area contributed by atoms with E-state index >= 15 is 0 Å². The fraction of sp³-hybridized carbons (Fsp3) is 0.250. The van der Waals surface area contributed by atoms with Crippen molar-refractivity contribution in [3.8, 4) is 0 Å². The van der Waals surface area contributed by atoms with Crippen LogP contribution in [0.15, 0.2) is 24.3 Å². The van der Waals surface area contributed by atoms with Gasteiger partial charge in [-0.2, -0.15) is 0 Å². The van der Waals surface area contributed by atoms with Crippen LogP contribution in [0.2, 0.25) is 10.0 Å². The SMILES string of the molecule is CCN.Clc1ccccc1Cl. The van der Waals surface area contributed by atoms with Gasteiger partial charge in [0.05, 0.1) is 10.0 Å². The van der Waals surface area contributed by atoms with Crippen LogP contribution < -0.4 is 5.73 Å². The summed E-state index contributed by atoms with van der Waals surface area (Å²) in [5.41, 5.74) is 4.85. The highest BCUT2D eigenvalue weighted by Gasteiger charge is 1.89. The van der Waals surface area contributed by atoms with Crippen molar-refractivity contribution in [2.75, 3.05) is 6.54 Å². The molecule has 0 atom stereocenters. The molecule has 1 aromatic carbocycles. The molecule has 0 amide bonds. The molecular weight excluding hydrogens is 181 g/mol. The van der Waals surface area contributed by atoms with Crippen molar-refractivity contribution in [1.29, 1.82) is 0 Å². The van der Waals surface area contributed by atoms with Gasteiger partial charge in [0.2, 0.25) is 0 Å². The molecule has 0 bridgehead atoms. The average Bonchev–Trinajstić information content (AvgIpc) is 1.97. The van der Waals surface area contributed by atoms with Crippen LogP contribution in [0.5, 0.6) is 0 Å². The Bertz CT molecular complexity index is 180. The maximum Gasteiger partial charge on any atom is 0.0592 e. The average molecular weight is 192 g/mol. The molecule has 1 rings (SSSR count). The molecule has 1 aromatic rings. The largest absolute Gasteiger partial charge is 0.331 e. The lowest BCUT2D eigenvalue weighted by Gasteiger charge is -1.88. The molecule has 1 nitrogen and oxygen atoms in total. The molecule has 0 spiro atoms. The highest BCUT2D eigenvalue weighted by atomic mass is 35.5. The molecule has 0 aliphatic rings. The lowest BCUT2D eigenvalue weighted by Crippen LogP contribution is -1.87. The first-order chi connectivity index (χ1) is 5.22. The summed E-state index contributed by atoms with van der Waals surface area (Å²) in [5.74, 6) is 0. The maximum atomic E-state index is 5.58. The summed E-state index contributed by atoms with van der Waals surface area (Å²) in [6.45, 7) is 2.65. The summed E-state index contributed by atoms with van der Waals surface area (Å²) in [4.78, 5) is 0. The molecule has 0 fully saturated rings. The van der Waals surface area contributed by atoms with Crippen molar-refractivity contribution in [3.63, 3.8) is 0 Å². The van der Waals surface area contributed by atoms with Gasteiger partial charge in [0.25, 0.3) is 0 Å². The number of halogens is 2. The first-order valence-corrected chi connectivity index (χ1v) is 4.08. The molecule has 2 N–H and O–H groups in total. The van der Waals surface area contributed by atoms with Gasteiger partial charge >= 0.3 is 0 Å². The minimum absolute atomic E-state index is 0.606. The second-order valence-electron chi connectivity index (χ2n) is 1.82. The van der Waals surface area contributed by atoms with Gasteiger partial charge in [0.15, 0.2) is 0 Å². The number of benzene rings is 1. The van der Waals surface area contributed by atoms with Crippen LogP contribution in [-0.4, -0.2) is 6.54 Å². The Balaban J connectivity index is 0.000000292. The van der Waals surface area contributed by atoms with Gasteiger partial charge in [-0.1, -0.05) is 42.3 Å². The predicted octanol–water partition coefficient (Wildman–Crippen LogP) is 2.96. The molecule has 0 saturated heterocycles. The lowest BCUT2D eigenvalue weighted by molar-refractivity contribution is 1.14. The lowest BCUT2D eigenvalue weighted by atomic mass is 10.4. The summed E-state index contributed by atoms with van der Waals surface area (Å²) in [6.07, 6.45) is 0. The van der Waals surface area contributed by atoms with Gasteiger partial charge in [0.1, 0.15) is 0 Å². The Morgan fingerprint density at radius 2 is 1.45 bits per heavy atom. The molecule has 0 radical (unpaired) electrons. The number of hydrogen-bond donors (Lipinski definition) is 1. The highest BCUT2D eigenvalue weighted by Crippen LogP contribution is 2.19. The second-order valence-corrected chi connectivity index (χ2v) is 2.64. The van der Waals surface area contributed by atoms with Gasteiger partial charge in [-0.05, 0) is 18.7 Å². The van der Waals surface area contributed by atoms with E-state index in [4.69, 9.17) is 28.9 Å². The zero-order valence-electron chi connectivity index (χ0n) is 6.35. The van der Waals surface area contributed by atoms with Gasteiger partial charge < -0.3 is 5.73 Å². The van der Waals surface area contributed by atoms with Crippen molar-refractivity contribution in [1.82, 2.24) is 0 Å². The van der Waals surface area contributed by atoms with Crippen LogP contribution in [0.25, 0.3) is 0 Å². The Morgan fingerprint density at radius 3 is 1.64 bits per heavy atom. The van der Waals surface area contributed by atoms with Crippen LogP contribution in [0.4, 0.5) is 0 Å². The Kier molecular flexibility index (Phi) is 6.33. The molecule has 0 aliphatic heterocycles. The standard InChI is InChI=1S/C6H4Cl2.C2H7N/c7-5-3-1-2-4-6(5)8;1-2-3/h1-4H;2-3H2,1H3. The van der Waals surface area contributed by atoms with E-state index in [9.17, 15) is 0 Å². The third-order valence-corrected chi connectivity index (χ3v) is 1.58. The number of nitrogens with two attached hydrogens (primary N) is 1. The van der Waals surface area contributed by atoms with E-state index < -0.39 is 0 Å². The van der Waals surface area contributed by atoms with E-state index in [1.165, 1.54) is 0 Å². The summed E-state index contributed by atoms with van der Waals surface area (Å²) >= 11 is 11.2. The number of hydrogen-bond acceptors (Lipinski definition) is 1. The topological polar surface area (TPSA) is 26.0 Å².